The number of carbonyl (C=O) groups is 2. The van der Waals surface area contributed by atoms with Crippen molar-refractivity contribution in [3.8, 4) is 5.69 Å². The maximum absolute atomic E-state index is 12.2. The second-order valence-electron chi connectivity index (χ2n) is 5.35. The highest BCUT2D eigenvalue weighted by atomic mass is 32.2. The highest BCUT2D eigenvalue weighted by Crippen LogP contribution is 2.28. The van der Waals surface area contributed by atoms with Gasteiger partial charge in [0.15, 0.2) is 5.12 Å². The zero-order chi connectivity index (χ0) is 15.5. The van der Waals surface area contributed by atoms with Crippen molar-refractivity contribution in [2.75, 3.05) is 17.2 Å². The largest absolute Gasteiger partial charge is 0.312 e. The lowest BCUT2D eigenvalue weighted by molar-refractivity contribution is -0.117. The summed E-state index contributed by atoms with van der Waals surface area (Å²) >= 11 is 1.30. The van der Waals surface area contributed by atoms with Gasteiger partial charge in [0.2, 0.25) is 5.91 Å². The number of hydrogen-bond donors (Lipinski definition) is 0. The van der Waals surface area contributed by atoms with Crippen molar-refractivity contribution in [1.82, 2.24) is 9.78 Å². The molecular weight excluding hydrogens is 298 g/mol. The minimum Gasteiger partial charge on any atom is -0.312 e. The van der Waals surface area contributed by atoms with E-state index in [0.717, 1.165) is 11.4 Å². The quantitative estimate of drug-likeness (QED) is 0.870. The van der Waals surface area contributed by atoms with Crippen LogP contribution in [0.3, 0.4) is 0 Å². The van der Waals surface area contributed by atoms with Crippen LogP contribution in [-0.4, -0.2) is 33.1 Å². The van der Waals surface area contributed by atoms with Crippen LogP contribution >= 0.6 is 11.8 Å². The standard InChI is InChI=1S/C16H17N3O2S/c1-12(20)22-11-13-8-16(21)18(10-13)14-4-2-5-15(9-14)19-7-3-6-17-19/h2-7,9,13H,8,10-11H2,1H3. The first-order valence-corrected chi connectivity index (χ1v) is 8.16. The highest BCUT2D eigenvalue weighted by molar-refractivity contribution is 8.13. The molecule has 1 fully saturated rings. The molecule has 1 saturated heterocycles. The highest BCUT2D eigenvalue weighted by Gasteiger charge is 2.30. The zero-order valence-electron chi connectivity index (χ0n) is 12.3. The van der Waals surface area contributed by atoms with E-state index in [9.17, 15) is 9.59 Å². The summed E-state index contributed by atoms with van der Waals surface area (Å²) in [4.78, 5) is 25.1. The Morgan fingerprint density at radius 2 is 2.18 bits per heavy atom. The number of benzene rings is 1. The van der Waals surface area contributed by atoms with Crippen molar-refractivity contribution < 1.29 is 9.59 Å². The molecule has 6 heteroatoms. The average molecular weight is 315 g/mol. The van der Waals surface area contributed by atoms with Gasteiger partial charge < -0.3 is 4.90 Å². The first-order chi connectivity index (χ1) is 10.6. The van der Waals surface area contributed by atoms with E-state index < -0.39 is 0 Å². The molecular formula is C16H17N3O2S. The number of nitrogens with zero attached hydrogens (tertiary/aromatic N) is 3. The Morgan fingerprint density at radius 1 is 1.36 bits per heavy atom. The van der Waals surface area contributed by atoms with Gasteiger partial charge in [0, 0.05) is 43.7 Å². The van der Waals surface area contributed by atoms with Crippen LogP contribution < -0.4 is 4.90 Å². The Hall–Kier alpha value is -2.08. The zero-order valence-corrected chi connectivity index (χ0v) is 13.1. The van der Waals surface area contributed by atoms with Gasteiger partial charge in [0.1, 0.15) is 0 Å². The van der Waals surface area contributed by atoms with Crippen molar-refractivity contribution in [2.45, 2.75) is 13.3 Å². The number of amides is 1. The summed E-state index contributed by atoms with van der Waals surface area (Å²) in [6, 6.07) is 9.65. The third kappa shape index (κ3) is 3.22. The van der Waals surface area contributed by atoms with Crippen LogP contribution in [0.2, 0.25) is 0 Å². The van der Waals surface area contributed by atoms with Gasteiger partial charge in [-0.15, -0.1) is 0 Å². The number of hydrogen-bond acceptors (Lipinski definition) is 4. The summed E-state index contributed by atoms with van der Waals surface area (Å²) in [7, 11) is 0. The van der Waals surface area contributed by atoms with E-state index in [1.165, 1.54) is 11.8 Å². The van der Waals surface area contributed by atoms with Crippen LogP contribution in [0.25, 0.3) is 5.69 Å². The van der Waals surface area contributed by atoms with Gasteiger partial charge in [-0.2, -0.15) is 5.10 Å². The SMILES string of the molecule is CC(=O)SCC1CC(=O)N(c2cccc(-n3cccn3)c2)C1. The Labute approximate surface area is 133 Å². The fraction of sp³-hybridized carbons (Fsp3) is 0.312. The lowest BCUT2D eigenvalue weighted by Crippen LogP contribution is -2.24. The normalized spacial score (nSPS) is 18.0. The van der Waals surface area contributed by atoms with Crippen LogP contribution in [0.4, 0.5) is 5.69 Å². The average Bonchev–Trinajstić information content (AvgIpc) is 3.15. The second kappa shape index (κ2) is 6.36. The van der Waals surface area contributed by atoms with Gasteiger partial charge in [-0.05, 0) is 30.2 Å². The molecule has 1 atom stereocenters. The van der Waals surface area contributed by atoms with Gasteiger partial charge in [0.05, 0.1) is 5.69 Å². The Balaban J connectivity index is 1.75. The maximum atomic E-state index is 12.2. The van der Waals surface area contributed by atoms with Crippen molar-refractivity contribution >= 4 is 28.5 Å². The molecule has 114 valence electrons. The fourth-order valence-corrected chi connectivity index (χ4v) is 3.30. The van der Waals surface area contributed by atoms with Crippen LogP contribution in [0, 0.1) is 5.92 Å². The van der Waals surface area contributed by atoms with E-state index in [1.807, 2.05) is 36.5 Å². The maximum Gasteiger partial charge on any atom is 0.227 e. The molecule has 0 aliphatic carbocycles. The molecule has 0 N–H and O–H groups in total. The summed E-state index contributed by atoms with van der Waals surface area (Å²) in [5, 5.41) is 4.31. The van der Waals surface area contributed by atoms with Gasteiger partial charge in [-0.1, -0.05) is 17.8 Å². The molecule has 0 saturated carbocycles. The number of rotatable bonds is 4. The number of thioether (sulfide) groups is 1. The molecule has 0 radical (unpaired) electrons. The minimum atomic E-state index is 0.103. The molecule has 5 nitrogen and oxygen atoms in total. The molecule has 0 bridgehead atoms. The van der Waals surface area contributed by atoms with Crippen molar-refractivity contribution in [2.24, 2.45) is 5.92 Å². The smallest absolute Gasteiger partial charge is 0.227 e. The van der Waals surface area contributed by atoms with Gasteiger partial charge in [-0.25, -0.2) is 4.68 Å². The Bertz CT molecular complexity index is 684. The van der Waals surface area contributed by atoms with Gasteiger partial charge in [-0.3, -0.25) is 9.59 Å². The lowest BCUT2D eigenvalue weighted by Gasteiger charge is -2.17. The molecule has 1 unspecified atom stereocenters. The van der Waals surface area contributed by atoms with Crippen LogP contribution in [0.1, 0.15) is 13.3 Å². The molecule has 0 spiro atoms. The summed E-state index contributed by atoms with van der Waals surface area (Å²) in [6.45, 7) is 2.23. The molecule has 1 amide bonds. The van der Waals surface area contributed by atoms with Crippen LogP contribution in [0.5, 0.6) is 0 Å². The van der Waals surface area contributed by atoms with Crippen LogP contribution in [0.15, 0.2) is 42.7 Å². The summed E-state index contributed by atoms with van der Waals surface area (Å²) in [6.07, 6.45) is 4.10. The van der Waals surface area contributed by atoms with Crippen molar-refractivity contribution in [3.05, 3.63) is 42.7 Å². The summed E-state index contributed by atoms with van der Waals surface area (Å²) < 4.78 is 1.77. The predicted molar refractivity (Wildman–Crippen MR) is 87.2 cm³/mol. The molecule has 1 aromatic heterocycles. The third-order valence-electron chi connectivity index (χ3n) is 3.64. The van der Waals surface area contributed by atoms with Gasteiger partial charge in [0.25, 0.3) is 0 Å². The number of anilines is 1. The summed E-state index contributed by atoms with van der Waals surface area (Å²) in [5.74, 6) is 1.05. The van der Waals surface area contributed by atoms with E-state index in [2.05, 4.69) is 5.10 Å². The fourth-order valence-electron chi connectivity index (χ4n) is 2.60. The summed E-state index contributed by atoms with van der Waals surface area (Å²) in [5.41, 5.74) is 1.81. The minimum absolute atomic E-state index is 0.103. The van der Waals surface area contributed by atoms with Crippen molar-refractivity contribution in [3.63, 3.8) is 0 Å². The lowest BCUT2D eigenvalue weighted by atomic mass is 10.1. The van der Waals surface area contributed by atoms with E-state index >= 15 is 0 Å². The van der Waals surface area contributed by atoms with Crippen LogP contribution in [-0.2, 0) is 9.59 Å². The number of aromatic nitrogens is 2. The first kappa shape index (κ1) is 14.8. The topological polar surface area (TPSA) is 55.2 Å². The van der Waals surface area contributed by atoms with E-state index in [0.29, 0.717) is 18.7 Å². The first-order valence-electron chi connectivity index (χ1n) is 7.17. The third-order valence-corrected chi connectivity index (χ3v) is 4.68. The van der Waals surface area contributed by atoms with E-state index in [1.54, 1.807) is 22.7 Å². The van der Waals surface area contributed by atoms with E-state index in [4.69, 9.17) is 0 Å². The predicted octanol–water partition coefficient (Wildman–Crippen LogP) is 2.50. The monoisotopic (exact) mass is 315 g/mol. The molecule has 22 heavy (non-hydrogen) atoms. The Morgan fingerprint density at radius 3 is 2.91 bits per heavy atom. The van der Waals surface area contributed by atoms with Gasteiger partial charge >= 0.3 is 0 Å². The molecule has 1 aliphatic heterocycles. The Kier molecular flexibility index (Phi) is 4.29. The molecule has 2 heterocycles. The number of carbonyl (C=O) groups excluding carboxylic acids is 2. The molecule has 1 aromatic carbocycles. The van der Waals surface area contributed by atoms with E-state index in [-0.39, 0.29) is 16.9 Å². The molecule has 3 rings (SSSR count). The molecule has 2 aromatic rings. The van der Waals surface area contributed by atoms with Crippen molar-refractivity contribution in [1.29, 1.82) is 0 Å². The molecule has 1 aliphatic rings. The second-order valence-corrected chi connectivity index (χ2v) is 6.54.